The number of alkyl halides is 3. The second kappa shape index (κ2) is 15.4. The number of esters is 4. The van der Waals surface area contributed by atoms with Crippen molar-refractivity contribution < 1.29 is 75.5 Å². The van der Waals surface area contributed by atoms with Gasteiger partial charge >= 0.3 is 36.0 Å². The van der Waals surface area contributed by atoms with Crippen LogP contribution in [0.4, 0.5) is 18.9 Å². The molecule has 0 spiro atoms. The van der Waals surface area contributed by atoms with Crippen LogP contribution in [0.3, 0.4) is 0 Å². The molecule has 2 N–H and O–H groups in total. The molecule has 0 saturated heterocycles. The second-order valence-electron chi connectivity index (χ2n) is 9.44. The number of carbonyl (C=O) groups is 6. The molecule has 1 amide bonds. The van der Waals surface area contributed by atoms with Crippen LogP contribution in [-0.2, 0) is 34.8 Å². The summed E-state index contributed by atoms with van der Waals surface area (Å²) in [5.41, 5.74) is -2.92. The first kappa shape index (κ1) is 36.3. The number of aliphatic carboxylic acids is 1. The van der Waals surface area contributed by atoms with E-state index in [0.29, 0.717) is 6.07 Å². The Kier molecular flexibility index (Phi) is 11.7. The number of benzene rings is 3. The summed E-state index contributed by atoms with van der Waals surface area (Å²) >= 11 is 0. The fraction of sp³-hybridized carbons (Fsp3) is 0.226. The van der Waals surface area contributed by atoms with Crippen molar-refractivity contribution >= 4 is 41.4 Å². The molecule has 0 saturated carbocycles. The van der Waals surface area contributed by atoms with E-state index in [0.717, 1.165) is 68.4 Å². The molecule has 0 aliphatic rings. The molecule has 0 heterocycles. The predicted molar refractivity (Wildman–Crippen MR) is 155 cm³/mol. The molecule has 0 bridgehead atoms. The zero-order valence-electron chi connectivity index (χ0n) is 25.4. The van der Waals surface area contributed by atoms with Gasteiger partial charge in [0.2, 0.25) is 12.2 Å². The Bertz CT molecular complexity index is 1740. The minimum Gasteiger partial charge on any atom is -0.493 e. The summed E-state index contributed by atoms with van der Waals surface area (Å²) in [6, 6.07) is 10.0. The van der Waals surface area contributed by atoms with E-state index in [2.05, 4.69) is 0 Å². The molecule has 3 aromatic carbocycles. The Hall–Kier alpha value is -6.13. The van der Waals surface area contributed by atoms with Crippen molar-refractivity contribution in [2.75, 3.05) is 19.5 Å². The van der Waals surface area contributed by atoms with E-state index in [1.807, 2.05) is 5.32 Å². The number of halogens is 3. The largest absolute Gasteiger partial charge is 0.493 e. The number of hydrogen-bond acceptors (Lipinski definition) is 12. The average Bonchev–Trinajstić information content (AvgIpc) is 3.01. The maximum atomic E-state index is 13.6. The molecule has 0 radical (unpaired) electrons. The Morgan fingerprint density at radius 2 is 1.15 bits per heavy atom. The highest BCUT2D eigenvalue weighted by molar-refractivity contribution is 6.02. The number of ether oxygens (including phenoxy) is 6. The van der Waals surface area contributed by atoms with Crippen LogP contribution in [0.1, 0.15) is 40.1 Å². The maximum Gasteiger partial charge on any atom is 0.418 e. The zero-order chi connectivity index (χ0) is 35.8. The van der Waals surface area contributed by atoms with Crippen LogP contribution in [0.15, 0.2) is 60.7 Å². The summed E-state index contributed by atoms with van der Waals surface area (Å²) in [4.78, 5) is 74.8. The van der Waals surface area contributed by atoms with E-state index in [4.69, 9.17) is 28.4 Å². The van der Waals surface area contributed by atoms with Crippen molar-refractivity contribution in [1.82, 2.24) is 0 Å². The lowest BCUT2D eigenvalue weighted by Crippen LogP contribution is -2.48. The molecular formula is C31H26F3NO13. The molecule has 3 rings (SSSR count). The number of carbonyl (C=O) groups excluding carboxylic acids is 5. The SMILES string of the molecule is COc1cc(C(=O)O[C@@H](C(=O)O)[C@@H](OC(=O)c2ccc(OC(C)=O)c(OC)c2)C(=O)Nc2ccccc2C(F)(F)F)ccc1OC(C)=O. The van der Waals surface area contributed by atoms with Crippen molar-refractivity contribution in [3.05, 3.63) is 77.4 Å². The van der Waals surface area contributed by atoms with Gasteiger partial charge in [0.15, 0.2) is 23.0 Å². The summed E-state index contributed by atoms with van der Waals surface area (Å²) in [6.07, 6.45) is -10.2. The fourth-order valence-corrected chi connectivity index (χ4v) is 3.97. The minimum absolute atomic E-state index is 0.110. The van der Waals surface area contributed by atoms with Gasteiger partial charge in [-0.1, -0.05) is 12.1 Å². The van der Waals surface area contributed by atoms with Gasteiger partial charge in [-0.15, -0.1) is 0 Å². The number of amides is 1. The number of nitrogens with one attached hydrogen (secondary N) is 1. The number of anilines is 1. The summed E-state index contributed by atoms with van der Waals surface area (Å²) in [5.74, 6) is -8.48. The van der Waals surface area contributed by atoms with Crippen LogP contribution in [0.2, 0.25) is 0 Å². The molecule has 0 fully saturated rings. The Morgan fingerprint density at radius 3 is 1.56 bits per heavy atom. The van der Waals surface area contributed by atoms with Crippen LogP contribution in [0, 0.1) is 0 Å². The molecule has 0 aromatic heterocycles. The van der Waals surface area contributed by atoms with E-state index < -0.39 is 71.0 Å². The summed E-state index contributed by atoms with van der Waals surface area (Å²) in [6.45, 7) is 2.20. The molecule has 0 unspecified atom stereocenters. The number of carboxylic acid groups (broad SMARTS) is 1. The van der Waals surface area contributed by atoms with Crippen LogP contribution >= 0.6 is 0 Å². The van der Waals surface area contributed by atoms with E-state index in [9.17, 15) is 47.0 Å². The number of para-hydroxylation sites is 1. The van der Waals surface area contributed by atoms with Crippen LogP contribution in [0.25, 0.3) is 0 Å². The van der Waals surface area contributed by atoms with Crippen LogP contribution in [0.5, 0.6) is 23.0 Å². The number of methoxy groups -OCH3 is 2. The van der Waals surface area contributed by atoms with Gasteiger partial charge in [-0.3, -0.25) is 14.4 Å². The topological polar surface area (TPSA) is 190 Å². The Labute approximate surface area is 269 Å². The lowest BCUT2D eigenvalue weighted by molar-refractivity contribution is -0.157. The monoisotopic (exact) mass is 677 g/mol. The third-order valence-electron chi connectivity index (χ3n) is 6.04. The van der Waals surface area contributed by atoms with Gasteiger partial charge < -0.3 is 38.8 Å². The van der Waals surface area contributed by atoms with Gasteiger partial charge in [0.25, 0.3) is 5.91 Å². The number of rotatable bonds is 12. The molecule has 48 heavy (non-hydrogen) atoms. The number of hydrogen-bond donors (Lipinski definition) is 2. The van der Waals surface area contributed by atoms with E-state index in [1.54, 1.807) is 0 Å². The molecule has 254 valence electrons. The highest BCUT2D eigenvalue weighted by Gasteiger charge is 2.42. The van der Waals surface area contributed by atoms with Crippen molar-refractivity contribution in [2.45, 2.75) is 32.2 Å². The number of carboxylic acids is 1. The molecule has 2 atom stereocenters. The summed E-state index contributed by atoms with van der Waals surface area (Å²) < 4.78 is 71.1. The predicted octanol–water partition coefficient (Wildman–Crippen LogP) is 4.05. The molecule has 3 aromatic rings. The lowest BCUT2D eigenvalue weighted by Gasteiger charge is -2.24. The third kappa shape index (κ3) is 9.21. The molecular weight excluding hydrogens is 651 g/mol. The van der Waals surface area contributed by atoms with E-state index >= 15 is 0 Å². The Morgan fingerprint density at radius 1 is 0.688 bits per heavy atom. The van der Waals surface area contributed by atoms with Crippen LogP contribution in [-0.4, -0.2) is 67.3 Å². The van der Waals surface area contributed by atoms with Gasteiger partial charge in [-0.05, 0) is 48.5 Å². The first-order valence-corrected chi connectivity index (χ1v) is 13.4. The summed E-state index contributed by atoms with van der Waals surface area (Å²) in [5, 5.41) is 11.9. The Balaban J connectivity index is 2.03. The van der Waals surface area contributed by atoms with Crippen molar-refractivity contribution in [1.29, 1.82) is 0 Å². The zero-order valence-corrected chi connectivity index (χ0v) is 25.4. The molecule has 0 aliphatic heterocycles. The fourth-order valence-electron chi connectivity index (χ4n) is 3.97. The van der Waals surface area contributed by atoms with Gasteiger partial charge in [0, 0.05) is 13.8 Å². The van der Waals surface area contributed by atoms with Crippen molar-refractivity contribution in [3.8, 4) is 23.0 Å². The van der Waals surface area contributed by atoms with Crippen molar-refractivity contribution in [2.24, 2.45) is 0 Å². The van der Waals surface area contributed by atoms with Crippen LogP contribution < -0.4 is 24.3 Å². The molecule has 0 aliphatic carbocycles. The van der Waals surface area contributed by atoms with E-state index in [1.165, 1.54) is 14.2 Å². The highest BCUT2D eigenvalue weighted by atomic mass is 19.4. The van der Waals surface area contributed by atoms with Gasteiger partial charge in [0.05, 0.1) is 36.6 Å². The second-order valence-corrected chi connectivity index (χ2v) is 9.44. The minimum atomic E-state index is -4.97. The molecule has 14 nitrogen and oxygen atoms in total. The highest BCUT2D eigenvalue weighted by Crippen LogP contribution is 2.35. The first-order valence-electron chi connectivity index (χ1n) is 13.4. The van der Waals surface area contributed by atoms with Gasteiger partial charge in [-0.2, -0.15) is 13.2 Å². The third-order valence-corrected chi connectivity index (χ3v) is 6.04. The molecule has 17 heteroatoms. The first-order chi connectivity index (χ1) is 22.5. The normalized spacial score (nSPS) is 12.1. The lowest BCUT2D eigenvalue weighted by atomic mass is 10.1. The van der Waals surface area contributed by atoms with Gasteiger partial charge in [0.1, 0.15) is 0 Å². The average molecular weight is 678 g/mol. The standard InChI is InChI=1S/C31H26F3NO13/c1-15(36)45-21-11-9-17(13-23(21)43-3)29(41)47-25(27(38)35-20-8-6-5-7-19(20)31(32,33)34)26(28(39)40)48-30(42)18-10-12-22(46-16(2)37)24(14-18)44-4/h5-14,25-26H,1-4H3,(H,35,38)(H,39,40)/t25-,26-/m1/s1. The summed E-state index contributed by atoms with van der Waals surface area (Å²) in [7, 11) is 2.34. The van der Waals surface area contributed by atoms with Gasteiger partial charge in [-0.25, -0.2) is 14.4 Å². The van der Waals surface area contributed by atoms with Crippen molar-refractivity contribution in [3.63, 3.8) is 0 Å². The van der Waals surface area contributed by atoms with E-state index in [-0.39, 0.29) is 28.6 Å². The quantitative estimate of drug-likeness (QED) is 0.206. The smallest absolute Gasteiger partial charge is 0.418 e. The maximum absolute atomic E-state index is 13.6.